The molecular formula is C25H28N2O2. The molecule has 4 nitrogen and oxygen atoms in total. The van der Waals surface area contributed by atoms with Crippen molar-refractivity contribution >= 4 is 11.9 Å². The average Bonchev–Trinajstić information content (AvgIpc) is 2.67. The minimum atomic E-state index is -0.360. The Balaban J connectivity index is 1.36. The summed E-state index contributed by atoms with van der Waals surface area (Å²) in [5.41, 5.74) is 4.62. The quantitative estimate of drug-likeness (QED) is 0.366. The summed E-state index contributed by atoms with van der Waals surface area (Å²) >= 11 is 0. The van der Waals surface area contributed by atoms with E-state index >= 15 is 0 Å². The second-order valence-corrected chi connectivity index (χ2v) is 9.93. The predicted molar refractivity (Wildman–Crippen MR) is 116 cm³/mol. The van der Waals surface area contributed by atoms with E-state index in [9.17, 15) is 10.1 Å². The molecule has 4 bridgehead atoms. The molecule has 4 fully saturated rings. The molecule has 150 valence electrons. The highest BCUT2D eigenvalue weighted by Gasteiger charge is 2.57. The molecule has 29 heavy (non-hydrogen) atoms. The largest absolute Gasteiger partial charge is 0.292 e. The van der Waals surface area contributed by atoms with Gasteiger partial charge in [0, 0.05) is 24.9 Å². The molecule has 0 N–H and O–H groups in total. The maximum Gasteiger partial charge on any atom is 0.269 e. The molecule has 2 aromatic rings. The Hall–Kier alpha value is -2.49. The van der Waals surface area contributed by atoms with Gasteiger partial charge in [0.25, 0.3) is 5.69 Å². The normalized spacial score (nSPS) is 32.7. The summed E-state index contributed by atoms with van der Waals surface area (Å²) in [6.07, 6.45) is 9.89. The Kier molecular flexibility index (Phi) is 4.34. The van der Waals surface area contributed by atoms with Crippen LogP contribution in [-0.2, 0) is 5.41 Å². The highest BCUT2D eigenvalue weighted by molar-refractivity contribution is 5.79. The SMILES string of the molecule is Cc1ccc(C23C[C@@H]4C[C@H](CC(CN=Cc5ccc([N+](=O)[O-])cc5)(C4)C2)C3)cc1. The van der Waals surface area contributed by atoms with Gasteiger partial charge in [-0.1, -0.05) is 29.8 Å². The monoisotopic (exact) mass is 388 g/mol. The molecule has 0 aliphatic heterocycles. The van der Waals surface area contributed by atoms with Crippen LogP contribution in [0.1, 0.15) is 55.2 Å². The number of aliphatic imine (C=N–C) groups is 1. The molecule has 0 heterocycles. The lowest BCUT2D eigenvalue weighted by Gasteiger charge is -2.62. The van der Waals surface area contributed by atoms with Gasteiger partial charge in [0.05, 0.1) is 4.92 Å². The number of nitro groups is 1. The van der Waals surface area contributed by atoms with Crippen LogP contribution in [0, 0.1) is 34.3 Å². The topological polar surface area (TPSA) is 55.5 Å². The fourth-order valence-corrected chi connectivity index (χ4v) is 6.91. The summed E-state index contributed by atoms with van der Waals surface area (Å²) in [7, 11) is 0. The van der Waals surface area contributed by atoms with Crippen LogP contribution in [0.4, 0.5) is 5.69 Å². The van der Waals surface area contributed by atoms with Crippen LogP contribution in [0.2, 0.25) is 0 Å². The van der Waals surface area contributed by atoms with Gasteiger partial charge in [0.2, 0.25) is 0 Å². The Bertz CT molecular complexity index is 932. The molecule has 0 radical (unpaired) electrons. The lowest BCUT2D eigenvalue weighted by molar-refractivity contribution is -0.384. The fraction of sp³-hybridized carbons (Fsp3) is 0.480. The fourth-order valence-electron chi connectivity index (χ4n) is 6.91. The van der Waals surface area contributed by atoms with E-state index in [1.807, 2.05) is 6.21 Å². The van der Waals surface area contributed by atoms with Crippen LogP contribution < -0.4 is 0 Å². The summed E-state index contributed by atoms with van der Waals surface area (Å²) in [5.74, 6) is 1.68. The van der Waals surface area contributed by atoms with Gasteiger partial charge in [0.1, 0.15) is 0 Å². The third-order valence-corrected chi connectivity index (χ3v) is 7.62. The smallest absolute Gasteiger partial charge is 0.269 e. The zero-order valence-corrected chi connectivity index (χ0v) is 17.0. The van der Waals surface area contributed by atoms with Gasteiger partial charge in [-0.15, -0.1) is 0 Å². The van der Waals surface area contributed by atoms with Crippen LogP contribution in [0.5, 0.6) is 0 Å². The second-order valence-electron chi connectivity index (χ2n) is 9.93. The molecule has 4 aliphatic rings. The van der Waals surface area contributed by atoms with Crippen LogP contribution >= 0.6 is 0 Å². The van der Waals surface area contributed by atoms with Gasteiger partial charge < -0.3 is 0 Å². The van der Waals surface area contributed by atoms with Crippen molar-refractivity contribution in [2.45, 2.75) is 50.9 Å². The number of rotatable bonds is 5. The summed E-state index contributed by atoms with van der Waals surface area (Å²) in [4.78, 5) is 15.3. The summed E-state index contributed by atoms with van der Waals surface area (Å²) in [6.45, 7) is 3.04. The van der Waals surface area contributed by atoms with Crippen molar-refractivity contribution in [2.75, 3.05) is 6.54 Å². The minimum Gasteiger partial charge on any atom is -0.292 e. The number of hydrogen-bond acceptors (Lipinski definition) is 3. The van der Waals surface area contributed by atoms with Gasteiger partial charge in [0.15, 0.2) is 0 Å². The molecule has 6 rings (SSSR count). The molecule has 2 aromatic carbocycles. The van der Waals surface area contributed by atoms with Gasteiger partial charge in [-0.2, -0.15) is 0 Å². The van der Waals surface area contributed by atoms with E-state index in [1.54, 1.807) is 29.8 Å². The number of non-ortho nitro benzene ring substituents is 1. The Morgan fingerprint density at radius 2 is 1.69 bits per heavy atom. The molecular weight excluding hydrogens is 360 g/mol. The van der Waals surface area contributed by atoms with Crippen LogP contribution in [-0.4, -0.2) is 17.7 Å². The Morgan fingerprint density at radius 3 is 2.31 bits per heavy atom. The maximum absolute atomic E-state index is 10.8. The molecule has 4 saturated carbocycles. The standard InChI is InChI=1S/C25H28N2O2/c1-18-2-6-22(7-3-18)25-13-20-10-21(14-25)12-24(11-20,16-25)17-26-15-19-4-8-23(9-5-19)27(28)29/h2-9,15,20-21H,10-14,16-17H2,1H3/t20-,21-,24?,25?/m1/s1. The zero-order chi connectivity index (χ0) is 20.1. The molecule has 0 unspecified atom stereocenters. The summed E-state index contributed by atoms with van der Waals surface area (Å²) in [5, 5.41) is 10.8. The van der Waals surface area contributed by atoms with E-state index in [1.165, 1.54) is 44.1 Å². The van der Waals surface area contributed by atoms with E-state index in [2.05, 4.69) is 31.2 Å². The number of nitro benzene ring substituents is 1. The molecule has 0 aromatic heterocycles. The van der Waals surface area contributed by atoms with Crippen molar-refractivity contribution in [2.24, 2.45) is 22.2 Å². The minimum absolute atomic E-state index is 0.128. The first kappa shape index (κ1) is 18.5. The molecule has 0 amide bonds. The highest BCUT2D eigenvalue weighted by atomic mass is 16.6. The number of benzene rings is 2. The number of nitrogens with zero attached hydrogens (tertiary/aromatic N) is 2. The highest BCUT2D eigenvalue weighted by Crippen LogP contribution is 2.65. The first-order valence-corrected chi connectivity index (χ1v) is 10.8. The van der Waals surface area contributed by atoms with Crippen molar-refractivity contribution < 1.29 is 4.92 Å². The molecule has 0 saturated heterocycles. The van der Waals surface area contributed by atoms with Crippen molar-refractivity contribution in [1.29, 1.82) is 0 Å². The van der Waals surface area contributed by atoms with Crippen LogP contribution in [0.3, 0.4) is 0 Å². The number of aryl methyl sites for hydroxylation is 1. The summed E-state index contributed by atoms with van der Waals surface area (Å²) in [6, 6.07) is 16.0. The van der Waals surface area contributed by atoms with Crippen molar-refractivity contribution in [3.63, 3.8) is 0 Å². The molecule has 0 spiro atoms. The van der Waals surface area contributed by atoms with Crippen molar-refractivity contribution in [3.8, 4) is 0 Å². The van der Waals surface area contributed by atoms with E-state index in [4.69, 9.17) is 4.99 Å². The number of hydrogen-bond donors (Lipinski definition) is 0. The van der Waals surface area contributed by atoms with Gasteiger partial charge in [-0.25, -0.2) is 0 Å². The van der Waals surface area contributed by atoms with E-state index in [0.29, 0.717) is 10.8 Å². The molecule has 4 heteroatoms. The first-order chi connectivity index (χ1) is 14.0. The van der Waals surface area contributed by atoms with Gasteiger partial charge >= 0.3 is 0 Å². The lowest BCUT2D eigenvalue weighted by atomic mass is 9.43. The third-order valence-electron chi connectivity index (χ3n) is 7.62. The third kappa shape index (κ3) is 3.39. The molecule has 2 atom stereocenters. The van der Waals surface area contributed by atoms with Crippen molar-refractivity contribution in [1.82, 2.24) is 0 Å². The maximum atomic E-state index is 10.8. The van der Waals surface area contributed by atoms with Gasteiger partial charge in [-0.3, -0.25) is 15.1 Å². The first-order valence-electron chi connectivity index (χ1n) is 10.8. The zero-order valence-electron chi connectivity index (χ0n) is 17.0. The van der Waals surface area contributed by atoms with Crippen molar-refractivity contribution in [3.05, 3.63) is 75.3 Å². The van der Waals surface area contributed by atoms with E-state index < -0.39 is 0 Å². The van der Waals surface area contributed by atoms with Crippen LogP contribution in [0.25, 0.3) is 0 Å². The Labute approximate surface area is 172 Å². The van der Waals surface area contributed by atoms with E-state index in [0.717, 1.165) is 23.9 Å². The van der Waals surface area contributed by atoms with E-state index in [-0.39, 0.29) is 10.6 Å². The average molecular weight is 389 g/mol. The lowest BCUT2D eigenvalue weighted by Crippen LogP contribution is -2.55. The molecule has 4 aliphatic carbocycles. The second kappa shape index (κ2) is 6.79. The predicted octanol–water partition coefficient (Wildman–Crippen LogP) is 5.86. The summed E-state index contributed by atoms with van der Waals surface area (Å²) < 4.78 is 0. The van der Waals surface area contributed by atoms with Crippen LogP contribution in [0.15, 0.2) is 53.5 Å². The van der Waals surface area contributed by atoms with Gasteiger partial charge in [-0.05, 0) is 91.4 Å². The Morgan fingerprint density at radius 1 is 1.03 bits per heavy atom.